The van der Waals surface area contributed by atoms with Crippen LogP contribution in [-0.2, 0) is 16.6 Å². The van der Waals surface area contributed by atoms with Crippen molar-refractivity contribution in [2.75, 3.05) is 7.05 Å². The number of hydrogen-bond acceptors (Lipinski definition) is 6. The van der Waals surface area contributed by atoms with Crippen LogP contribution in [0.3, 0.4) is 0 Å². The number of thiazole rings is 1. The molecule has 1 unspecified atom stereocenters. The first-order chi connectivity index (χ1) is 9.44. The highest BCUT2D eigenvalue weighted by Gasteiger charge is 2.22. The predicted octanol–water partition coefficient (Wildman–Crippen LogP) is 2.27. The van der Waals surface area contributed by atoms with Crippen molar-refractivity contribution in [1.29, 1.82) is 0 Å². The largest absolute Gasteiger partial charge is 0.315 e. The second-order valence-corrected chi connectivity index (χ2v) is 8.42. The van der Waals surface area contributed by atoms with Gasteiger partial charge in [-0.2, -0.15) is 0 Å². The summed E-state index contributed by atoms with van der Waals surface area (Å²) < 4.78 is 27.7. The molecule has 0 aromatic carbocycles. The Balaban J connectivity index is 2.20. The van der Waals surface area contributed by atoms with Crippen molar-refractivity contribution in [3.8, 4) is 0 Å². The fourth-order valence-electron chi connectivity index (χ4n) is 1.75. The summed E-state index contributed by atoms with van der Waals surface area (Å²) in [6.45, 7) is 4.39. The normalized spacial score (nSPS) is 13.6. The molecule has 1 atom stereocenters. The number of sulfonamides is 1. The molecule has 2 aromatic rings. The van der Waals surface area contributed by atoms with E-state index in [2.05, 4.69) is 15.0 Å². The average Bonchev–Trinajstić information content (AvgIpc) is 3.00. The molecule has 2 rings (SSSR count). The molecule has 0 bridgehead atoms. The Morgan fingerprint density at radius 3 is 2.80 bits per heavy atom. The Bertz CT molecular complexity index is 662. The van der Waals surface area contributed by atoms with Gasteiger partial charge in [-0.1, -0.05) is 0 Å². The Labute approximate surface area is 127 Å². The van der Waals surface area contributed by atoms with Gasteiger partial charge >= 0.3 is 0 Å². The van der Waals surface area contributed by atoms with E-state index in [0.717, 1.165) is 15.4 Å². The van der Waals surface area contributed by atoms with E-state index in [4.69, 9.17) is 0 Å². The molecule has 2 N–H and O–H groups in total. The molecule has 0 radical (unpaired) electrons. The highest BCUT2D eigenvalue weighted by atomic mass is 32.2. The molecule has 0 aliphatic rings. The van der Waals surface area contributed by atoms with Crippen molar-refractivity contribution < 1.29 is 8.42 Å². The van der Waals surface area contributed by atoms with Crippen LogP contribution in [0.1, 0.15) is 28.4 Å². The van der Waals surface area contributed by atoms with Crippen molar-refractivity contribution in [2.45, 2.75) is 30.6 Å². The first kappa shape index (κ1) is 15.6. The maximum Gasteiger partial charge on any atom is 0.250 e. The minimum Gasteiger partial charge on any atom is -0.315 e. The third kappa shape index (κ3) is 3.44. The van der Waals surface area contributed by atoms with E-state index in [1.165, 1.54) is 22.7 Å². The molecule has 0 fully saturated rings. The van der Waals surface area contributed by atoms with E-state index >= 15 is 0 Å². The maximum atomic E-state index is 12.4. The SMILES string of the molecule is CNCc1sc(S(=O)(=O)NC(C)c2nccs2)cc1C. The van der Waals surface area contributed by atoms with Gasteiger partial charge in [0.15, 0.2) is 0 Å². The second-order valence-electron chi connectivity index (χ2n) is 4.42. The summed E-state index contributed by atoms with van der Waals surface area (Å²) in [7, 11) is -1.65. The van der Waals surface area contributed by atoms with E-state index in [1.807, 2.05) is 19.4 Å². The minimum atomic E-state index is -3.50. The van der Waals surface area contributed by atoms with E-state index in [-0.39, 0.29) is 6.04 Å². The average molecular weight is 331 g/mol. The van der Waals surface area contributed by atoms with Gasteiger partial charge in [0, 0.05) is 23.0 Å². The minimum absolute atomic E-state index is 0.324. The van der Waals surface area contributed by atoms with E-state index in [0.29, 0.717) is 10.8 Å². The van der Waals surface area contributed by atoms with Gasteiger partial charge in [-0.25, -0.2) is 18.1 Å². The number of hydrogen-bond donors (Lipinski definition) is 2. The van der Waals surface area contributed by atoms with Gasteiger partial charge in [-0.3, -0.25) is 0 Å². The molecular weight excluding hydrogens is 314 g/mol. The lowest BCUT2D eigenvalue weighted by Gasteiger charge is -2.10. The van der Waals surface area contributed by atoms with Gasteiger partial charge in [0.05, 0.1) is 6.04 Å². The number of rotatable bonds is 6. The summed E-state index contributed by atoms with van der Waals surface area (Å²) in [5.41, 5.74) is 0.992. The van der Waals surface area contributed by atoms with Gasteiger partial charge in [0.25, 0.3) is 10.0 Å². The third-order valence-corrected chi connectivity index (χ3v) is 6.96. The molecule has 0 aliphatic carbocycles. The zero-order valence-electron chi connectivity index (χ0n) is 11.5. The lowest BCUT2D eigenvalue weighted by molar-refractivity contribution is 0.568. The number of thiophene rings is 1. The Morgan fingerprint density at radius 2 is 2.20 bits per heavy atom. The molecule has 0 aliphatic heterocycles. The zero-order valence-corrected chi connectivity index (χ0v) is 14.0. The summed E-state index contributed by atoms with van der Waals surface area (Å²) >= 11 is 2.74. The van der Waals surface area contributed by atoms with Crippen LogP contribution in [0.5, 0.6) is 0 Å². The molecular formula is C12H17N3O2S3. The fourth-order valence-corrected chi connectivity index (χ4v) is 5.29. The first-order valence-corrected chi connectivity index (χ1v) is 9.27. The van der Waals surface area contributed by atoms with Crippen molar-refractivity contribution in [1.82, 2.24) is 15.0 Å². The topological polar surface area (TPSA) is 71.1 Å². The van der Waals surface area contributed by atoms with Gasteiger partial charge in [-0.15, -0.1) is 22.7 Å². The predicted molar refractivity (Wildman–Crippen MR) is 82.7 cm³/mol. The Kier molecular flexibility index (Phi) is 4.92. The van der Waals surface area contributed by atoms with Crippen LogP contribution in [0.15, 0.2) is 21.9 Å². The molecule has 110 valence electrons. The molecule has 2 heterocycles. The molecule has 8 heteroatoms. The van der Waals surface area contributed by atoms with Crippen LogP contribution in [0.25, 0.3) is 0 Å². The summed E-state index contributed by atoms with van der Waals surface area (Å²) in [6, 6.07) is 1.39. The highest BCUT2D eigenvalue weighted by molar-refractivity contribution is 7.91. The van der Waals surface area contributed by atoms with E-state index in [1.54, 1.807) is 19.2 Å². The number of nitrogens with one attached hydrogen (secondary N) is 2. The van der Waals surface area contributed by atoms with Crippen molar-refractivity contribution in [2.24, 2.45) is 0 Å². The van der Waals surface area contributed by atoms with Crippen molar-refractivity contribution in [3.05, 3.63) is 33.1 Å². The van der Waals surface area contributed by atoms with Gasteiger partial charge in [-0.05, 0) is 32.5 Å². The van der Waals surface area contributed by atoms with Crippen molar-refractivity contribution >= 4 is 32.7 Å². The van der Waals surface area contributed by atoms with Crippen LogP contribution in [0.2, 0.25) is 0 Å². The fraction of sp³-hybridized carbons (Fsp3) is 0.417. The van der Waals surface area contributed by atoms with Gasteiger partial charge in [0.2, 0.25) is 0 Å². The monoisotopic (exact) mass is 331 g/mol. The number of aryl methyl sites for hydroxylation is 1. The molecule has 0 saturated heterocycles. The van der Waals surface area contributed by atoms with Gasteiger partial charge in [0.1, 0.15) is 9.22 Å². The molecule has 0 amide bonds. The summed E-state index contributed by atoms with van der Waals surface area (Å²) in [4.78, 5) is 5.17. The smallest absolute Gasteiger partial charge is 0.250 e. The Morgan fingerprint density at radius 1 is 1.45 bits per heavy atom. The molecule has 20 heavy (non-hydrogen) atoms. The Hall–Kier alpha value is -0.800. The summed E-state index contributed by atoms with van der Waals surface area (Å²) in [6.07, 6.45) is 1.67. The molecule has 0 saturated carbocycles. The first-order valence-electron chi connectivity index (χ1n) is 6.09. The summed E-state index contributed by atoms with van der Waals surface area (Å²) in [5, 5.41) is 5.63. The molecule has 2 aromatic heterocycles. The van der Waals surface area contributed by atoms with Crippen LogP contribution in [0, 0.1) is 6.92 Å². The van der Waals surface area contributed by atoms with E-state index < -0.39 is 10.0 Å². The van der Waals surface area contributed by atoms with Crippen LogP contribution in [-0.4, -0.2) is 20.4 Å². The third-order valence-electron chi connectivity index (χ3n) is 2.75. The quantitative estimate of drug-likeness (QED) is 0.852. The second kappa shape index (κ2) is 6.31. The molecule has 0 spiro atoms. The van der Waals surface area contributed by atoms with Crippen LogP contribution in [0.4, 0.5) is 0 Å². The number of aromatic nitrogens is 1. The van der Waals surface area contributed by atoms with Crippen molar-refractivity contribution in [3.63, 3.8) is 0 Å². The lowest BCUT2D eigenvalue weighted by atomic mass is 10.3. The zero-order chi connectivity index (χ0) is 14.8. The van der Waals surface area contributed by atoms with Gasteiger partial charge < -0.3 is 5.32 Å². The van der Waals surface area contributed by atoms with Crippen LogP contribution < -0.4 is 10.0 Å². The maximum absolute atomic E-state index is 12.4. The molecule has 5 nitrogen and oxygen atoms in total. The van der Waals surface area contributed by atoms with Crippen LogP contribution >= 0.6 is 22.7 Å². The van der Waals surface area contributed by atoms with E-state index in [9.17, 15) is 8.42 Å². The summed E-state index contributed by atoms with van der Waals surface area (Å²) in [5.74, 6) is 0. The standard InChI is InChI=1S/C12H17N3O2S3/c1-8-6-11(19-10(8)7-13-3)20(16,17)15-9(2)12-14-4-5-18-12/h4-6,9,13,15H,7H2,1-3H3. The number of nitrogens with zero attached hydrogens (tertiary/aromatic N) is 1. The lowest BCUT2D eigenvalue weighted by Crippen LogP contribution is -2.26. The highest BCUT2D eigenvalue weighted by Crippen LogP contribution is 2.27.